The van der Waals surface area contributed by atoms with Crippen molar-refractivity contribution in [2.45, 2.75) is 6.54 Å². The molecule has 2 aromatic rings. The van der Waals surface area contributed by atoms with E-state index in [9.17, 15) is 14.0 Å². The van der Waals surface area contributed by atoms with E-state index in [1.165, 1.54) is 18.2 Å². The number of nitrogens with one attached hydrogen (secondary N) is 3. The van der Waals surface area contributed by atoms with Gasteiger partial charge in [-0.3, -0.25) is 10.1 Å². The number of anilines is 1. The van der Waals surface area contributed by atoms with E-state index >= 15 is 0 Å². The van der Waals surface area contributed by atoms with Crippen molar-refractivity contribution in [1.29, 1.82) is 0 Å². The average molecular weight is 395 g/mol. The molecule has 2 rings (SSSR count). The lowest BCUT2D eigenvalue weighted by molar-refractivity contribution is -0.885. The Balaban J connectivity index is 1.80. The Morgan fingerprint density at radius 1 is 1.12 bits per heavy atom. The fraction of sp³-hybridized carbons (Fsp3) is 0.176. The van der Waals surface area contributed by atoms with E-state index in [0.29, 0.717) is 6.54 Å². The molecular formula is C17H18BrFN3O2+. The van der Waals surface area contributed by atoms with Crippen LogP contribution in [0.1, 0.15) is 5.56 Å². The van der Waals surface area contributed by atoms with Gasteiger partial charge in [0.15, 0.2) is 6.54 Å². The van der Waals surface area contributed by atoms with E-state index in [2.05, 4.69) is 26.6 Å². The van der Waals surface area contributed by atoms with Gasteiger partial charge in [0.05, 0.1) is 12.7 Å². The summed E-state index contributed by atoms with van der Waals surface area (Å²) in [5, 5.41) is 4.51. The van der Waals surface area contributed by atoms with Crippen molar-refractivity contribution < 1.29 is 18.9 Å². The molecule has 0 radical (unpaired) electrons. The van der Waals surface area contributed by atoms with Gasteiger partial charge in [0.25, 0.3) is 5.91 Å². The second kappa shape index (κ2) is 8.56. The summed E-state index contributed by atoms with van der Waals surface area (Å²) >= 11 is 3.37. The fourth-order valence-electron chi connectivity index (χ4n) is 2.17. The molecule has 2 aromatic carbocycles. The Labute approximate surface area is 148 Å². The molecule has 0 fully saturated rings. The summed E-state index contributed by atoms with van der Waals surface area (Å²) in [6.45, 7) is 0.774. The summed E-state index contributed by atoms with van der Waals surface area (Å²) in [5.74, 6) is -0.989. The number of likely N-dealkylation sites (N-methyl/N-ethyl adjacent to an activating group) is 1. The second-order valence-electron chi connectivity index (χ2n) is 5.42. The first-order valence-electron chi connectivity index (χ1n) is 7.35. The average Bonchev–Trinajstić information content (AvgIpc) is 2.51. The maximum atomic E-state index is 13.4. The molecule has 24 heavy (non-hydrogen) atoms. The summed E-state index contributed by atoms with van der Waals surface area (Å²) in [4.78, 5) is 24.5. The van der Waals surface area contributed by atoms with E-state index < -0.39 is 17.8 Å². The molecule has 0 saturated heterocycles. The number of imide groups is 1. The quantitative estimate of drug-likeness (QED) is 0.725. The maximum absolute atomic E-state index is 13.4. The van der Waals surface area contributed by atoms with Gasteiger partial charge >= 0.3 is 6.03 Å². The number of amides is 3. The molecule has 0 aliphatic rings. The zero-order chi connectivity index (χ0) is 17.5. The largest absolute Gasteiger partial charge is 0.326 e. The Bertz CT molecular complexity index is 722. The highest BCUT2D eigenvalue weighted by Crippen LogP contribution is 2.11. The summed E-state index contributed by atoms with van der Waals surface area (Å²) in [7, 11) is 1.86. The third-order valence-electron chi connectivity index (χ3n) is 3.26. The monoisotopic (exact) mass is 394 g/mol. The number of hydrogen-bond acceptors (Lipinski definition) is 2. The first-order chi connectivity index (χ1) is 11.4. The predicted octanol–water partition coefficient (Wildman–Crippen LogP) is 1.95. The van der Waals surface area contributed by atoms with Gasteiger partial charge in [0.1, 0.15) is 12.4 Å². The zero-order valence-electron chi connectivity index (χ0n) is 13.1. The van der Waals surface area contributed by atoms with Crippen LogP contribution in [0.5, 0.6) is 0 Å². The van der Waals surface area contributed by atoms with Crippen molar-refractivity contribution in [3.05, 3.63) is 64.4 Å². The van der Waals surface area contributed by atoms with Crippen molar-refractivity contribution in [2.24, 2.45) is 0 Å². The molecular weight excluding hydrogens is 377 g/mol. The zero-order valence-corrected chi connectivity index (χ0v) is 14.7. The molecule has 3 N–H and O–H groups in total. The fourth-order valence-corrected chi connectivity index (χ4v) is 2.44. The number of carbonyl (C=O) groups is 2. The molecule has 0 heterocycles. The van der Waals surface area contributed by atoms with Gasteiger partial charge in [-0.1, -0.05) is 40.2 Å². The summed E-state index contributed by atoms with van der Waals surface area (Å²) in [6.07, 6.45) is 0. The van der Waals surface area contributed by atoms with Crippen molar-refractivity contribution in [1.82, 2.24) is 5.32 Å². The lowest BCUT2D eigenvalue weighted by Gasteiger charge is -2.14. The van der Waals surface area contributed by atoms with Crippen LogP contribution in [-0.2, 0) is 11.3 Å². The first kappa shape index (κ1) is 18.1. The Morgan fingerprint density at radius 3 is 2.46 bits per heavy atom. The minimum Gasteiger partial charge on any atom is -0.326 e. The van der Waals surface area contributed by atoms with Gasteiger partial charge in [-0.15, -0.1) is 0 Å². The highest BCUT2D eigenvalue weighted by atomic mass is 79.9. The number of halogens is 2. The molecule has 0 bridgehead atoms. The van der Waals surface area contributed by atoms with Crippen LogP contribution in [0, 0.1) is 5.82 Å². The predicted molar refractivity (Wildman–Crippen MR) is 93.2 cm³/mol. The smallest absolute Gasteiger partial charge is 0.326 e. The Hall–Kier alpha value is -2.25. The lowest BCUT2D eigenvalue weighted by Crippen LogP contribution is -3.09. The number of hydrogen-bond donors (Lipinski definition) is 3. The van der Waals surface area contributed by atoms with E-state index in [1.807, 2.05) is 31.3 Å². The molecule has 126 valence electrons. The standard InChI is InChI=1S/C17H17BrFN3O2/c1-22(10-12-6-8-13(18)9-7-12)11-16(23)21-17(24)20-15-5-3-2-4-14(15)19/h2-9H,10-11H2,1H3,(H2,20,21,23,24)/p+1. The van der Waals surface area contributed by atoms with Crippen molar-refractivity contribution in [3.8, 4) is 0 Å². The molecule has 7 heteroatoms. The normalized spacial score (nSPS) is 11.6. The molecule has 1 unspecified atom stereocenters. The first-order valence-corrected chi connectivity index (χ1v) is 8.14. The van der Waals surface area contributed by atoms with Crippen LogP contribution in [0.2, 0.25) is 0 Å². The van der Waals surface area contributed by atoms with E-state index in [0.717, 1.165) is 14.9 Å². The minimum atomic E-state index is -0.749. The van der Waals surface area contributed by atoms with Crippen molar-refractivity contribution in [3.63, 3.8) is 0 Å². The molecule has 0 spiro atoms. The van der Waals surface area contributed by atoms with Crippen LogP contribution in [0.15, 0.2) is 53.0 Å². The van der Waals surface area contributed by atoms with Crippen LogP contribution in [0.4, 0.5) is 14.9 Å². The maximum Gasteiger partial charge on any atom is 0.326 e. The van der Waals surface area contributed by atoms with Crippen LogP contribution < -0.4 is 15.5 Å². The van der Waals surface area contributed by atoms with E-state index in [1.54, 1.807) is 6.07 Å². The molecule has 3 amide bonds. The highest BCUT2D eigenvalue weighted by Gasteiger charge is 2.14. The van der Waals surface area contributed by atoms with Gasteiger partial charge < -0.3 is 10.2 Å². The van der Waals surface area contributed by atoms with Crippen LogP contribution in [0.3, 0.4) is 0 Å². The molecule has 0 aliphatic carbocycles. The van der Waals surface area contributed by atoms with Gasteiger partial charge in [-0.05, 0) is 24.3 Å². The summed E-state index contributed by atoms with van der Waals surface area (Å²) in [6, 6.07) is 12.8. The molecule has 0 saturated carbocycles. The number of rotatable bonds is 5. The SMILES string of the molecule is C[NH+](CC(=O)NC(=O)Nc1ccccc1F)Cc1ccc(Br)cc1. The third-order valence-corrected chi connectivity index (χ3v) is 3.79. The highest BCUT2D eigenvalue weighted by molar-refractivity contribution is 9.10. The van der Waals surface area contributed by atoms with Crippen LogP contribution >= 0.6 is 15.9 Å². The van der Waals surface area contributed by atoms with E-state index in [-0.39, 0.29) is 12.2 Å². The molecule has 0 aromatic heterocycles. The molecule has 0 aliphatic heterocycles. The third kappa shape index (κ3) is 5.75. The van der Waals surface area contributed by atoms with Gasteiger partial charge in [-0.2, -0.15) is 0 Å². The number of urea groups is 1. The van der Waals surface area contributed by atoms with Crippen molar-refractivity contribution >= 4 is 33.6 Å². The topological polar surface area (TPSA) is 62.6 Å². The van der Waals surface area contributed by atoms with Gasteiger partial charge in [-0.25, -0.2) is 9.18 Å². The Kier molecular flexibility index (Phi) is 6.45. The summed E-state index contributed by atoms with van der Waals surface area (Å²) < 4.78 is 14.4. The second-order valence-corrected chi connectivity index (χ2v) is 6.33. The van der Waals surface area contributed by atoms with Crippen LogP contribution in [0.25, 0.3) is 0 Å². The number of quaternary nitrogens is 1. The molecule has 5 nitrogen and oxygen atoms in total. The Morgan fingerprint density at radius 2 is 1.79 bits per heavy atom. The van der Waals surface area contributed by atoms with Gasteiger partial charge in [0, 0.05) is 10.0 Å². The minimum absolute atomic E-state index is 0.0263. The molecule has 1 atom stereocenters. The van der Waals surface area contributed by atoms with E-state index in [4.69, 9.17) is 0 Å². The number of para-hydroxylation sites is 1. The number of carbonyl (C=O) groups excluding carboxylic acids is 2. The summed E-state index contributed by atoms with van der Waals surface area (Å²) in [5.41, 5.74) is 1.11. The van der Waals surface area contributed by atoms with Gasteiger partial charge in [0.2, 0.25) is 0 Å². The van der Waals surface area contributed by atoms with Crippen molar-refractivity contribution in [2.75, 3.05) is 18.9 Å². The van der Waals surface area contributed by atoms with Crippen LogP contribution in [-0.4, -0.2) is 25.5 Å². The number of benzene rings is 2. The lowest BCUT2D eigenvalue weighted by atomic mass is 10.2.